The van der Waals surface area contributed by atoms with Crippen molar-refractivity contribution in [2.24, 2.45) is 0 Å². The highest BCUT2D eigenvalue weighted by Gasteiger charge is 2.33. The fourth-order valence-corrected chi connectivity index (χ4v) is 3.56. The van der Waals surface area contributed by atoms with Gasteiger partial charge in [0.05, 0.1) is 0 Å². The Hall–Kier alpha value is -2.62. The fourth-order valence-electron chi connectivity index (χ4n) is 3.56. The van der Waals surface area contributed by atoms with Gasteiger partial charge >= 0.3 is 0 Å². The van der Waals surface area contributed by atoms with Gasteiger partial charge in [-0.15, -0.1) is 0 Å². The molecule has 0 unspecified atom stereocenters. The van der Waals surface area contributed by atoms with Crippen LogP contribution in [0.5, 0.6) is 0 Å². The maximum absolute atomic E-state index is 13.0. The van der Waals surface area contributed by atoms with Crippen LogP contribution in [0.25, 0.3) is 0 Å². The molecule has 1 saturated heterocycles. The molecule has 0 radical (unpaired) electrons. The van der Waals surface area contributed by atoms with E-state index in [4.69, 9.17) is 0 Å². The molecule has 2 aliphatic rings. The second-order valence-corrected chi connectivity index (χ2v) is 7.20. The first-order chi connectivity index (χ1) is 12.7. The number of carbonyl (C=O) groups is 2. The van der Waals surface area contributed by atoms with Crippen LogP contribution in [0.3, 0.4) is 0 Å². The van der Waals surface area contributed by atoms with Gasteiger partial charge in [-0.3, -0.25) is 9.59 Å². The zero-order valence-corrected chi connectivity index (χ0v) is 14.9. The quantitative estimate of drug-likeness (QED) is 0.819. The van der Waals surface area contributed by atoms with Crippen LogP contribution in [0.1, 0.15) is 48.0 Å². The summed E-state index contributed by atoms with van der Waals surface area (Å²) in [6.45, 7) is 1.42. The summed E-state index contributed by atoms with van der Waals surface area (Å²) in [5.41, 5.74) is 2.75. The van der Waals surface area contributed by atoms with Crippen LogP contribution >= 0.6 is 0 Å². The Labute approximate surface area is 154 Å². The Morgan fingerprint density at radius 3 is 2.38 bits per heavy atom. The smallest absolute Gasteiger partial charge is 0.254 e. The van der Waals surface area contributed by atoms with Gasteiger partial charge in [-0.25, -0.2) is 0 Å². The average molecular weight is 348 g/mol. The standard InChI is InChI=1S/C22H24N2O2/c25-21-8-4-5-15-23(21)19-11-9-18(10-12-19)22(26)24(20-13-14-20)16-17-6-2-1-3-7-17/h1-3,6-7,9-12,20H,4-5,8,13-16H2. The largest absolute Gasteiger partial charge is 0.331 e. The minimum Gasteiger partial charge on any atom is -0.331 e. The molecule has 4 nitrogen and oxygen atoms in total. The number of amides is 2. The van der Waals surface area contributed by atoms with E-state index in [1.807, 2.05) is 52.3 Å². The monoisotopic (exact) mass is 348 g/mol. The van der Waals surface area contributed by atoms with Crippen molar-refractivity contribution in [3.8, 4) is 0 Å². The Morgan fingerprint density at radius 2 is 1.73 bits per heavy atom. The number of nitrogens with zero attached hydrogens (tertiary/aromatic N) is 2. The molecule has 2 amide bonds. The molecule has 134 valence electrons. The highest BCUT2D eigenvalue weighted by atomic mass is 16.2. The molecule has 4 heteroatoms. The van der Waals surface area contributed by atoms with Crippen molar-refractivity contribution in [2.75, 3.05) is 11.4 Å². The molecule has 1 aliphatic heterocycles. The summed E-state index contributed by atoms with van der Waals surface area (Å²) in [6, 6.07) is 18.0. The lowest BCUT2D eigenvalue weighted by Gasteiger charge is -2.27. The lowest BCUT2D eigenvalue weighted by molar-refractivity contribution is -0.119. The van der Waals surface area contributed by atoms with Gasteiger partial charge in [0.1, 0.15) is 0 Å². The fraction of sp³-hybridized carbons (Fsp3) is 0.364. The predicted molar refractivity (Wildman–Crippen MR) is 102 cm³/mol. The molecule has 0 spiro atoms. The van der Waals surface area contributed by atoms with Gasteiger partial charge < -0.3 is 9.80 Å². The zero-order valence-electron chi connectivity index (χ0n) is 14.9. The molecule has 2 fully saturated rings. The summed E-state index contributed by atoms with van der Waals surface area (Å²) in [7, 11) is 0. The number of carbonyl (C=O) groups excluding carboxylic acids is 2. The van der Waals surface area contributed by atoms with E-state index in [1.165, 1.54) is 0 Å². The summed E-state index contributed by atoms with van der Waals surface area (Å²) in [5.74, 6) is 0.256. The second-order valence-electron chi connectivity index (χ2n) is 7.20. The van der Waals surface area contributed by atoms with Crippen molar-refractivity contribution in [2.45, 2.75) is 44.7 Å². The van der Waals surface area contributed by atoms with Gasteiger partial charge in [0.25, 0.3) is 5.91 Å². The van der Waals surface area contributed by atoms with Crippen LogP contribution in [-0.2, 0) is 11.3 Å². The molecule has 2 aromatic carbocycles. The minimum atomic E-state index is 0.0767. The summed E-state index contributed by atoms with van der Waals surface area (Å²) in [6.07, 6.45) is 4.80. The van der Waals surface area contributed by atoms with Crippen molar-refractivity contribution >= 4 is 17.5 Å². The number of rotatable bonds is 5. The van der Waals surface area contributed by atoms with E-state index in [9.17, 15) is 9.59 Å². The van der Waals surface area contributed by atoms with Crippen LogP contribution in [0.4, 0.5) is 5.69 Å². The van der Waals surface area contributed by atoms with Crippen LogP contribution < -0.4 is 4.90 Å². The van der Waals surface area contributed by atoms with Crippen LogP contribution in [-0.4, -0.2) is 29.3 Å². The van der Waals surface area contributed by atoms with Crippen LogP contribution in [0, 0.1) is 0 Å². The SMILES string of the molecule is O=C1CCCCN1c1ccc(C(=O)N(Cc2ccccc2)C2CC2)cc1. The van der Waals surface area contributed by atoms with Gasteiger partial charge in [-0.2, -0.15) is 0 Å². The predicted octanol–water partition coefficient (Wildman–Crippen LogP) is 4.01. The van der Waals surface area contributed by atoms with Crippen molar-refractivity contribution in [1.82, 2.24) is 4.90 Å². The molecule has 2 aromatic rings. The molecule has 0 atom stereocenters. The third kappa shape index (κ3) is 3.64. The Balaban J connectivity index is 1.50. The average Bonchev–Trinajstić information content (AvgIpc) is 3.52. The number of hydrogen-bond acceptors (Lipinski definition) is 2. The number of anilines is 1. The van der Waals surface area contributed by atoms with Crippen LogP contribution in [0.15, 0.2) is 54.6 Å². The normalized spacial score (nSPS) is 17.2. The topological polar surface area (TPSA) is 40.6 Å². The molecular weight excluding hydrogens is 324 g/mol. The molecular formula is C22H24N2O2. The summed E-state index contributed by atoms with van der Waals surface area (Å²) in [5, 5.41) is 0. The Kier molecular flexibility index (Phi) is 4.74. The van der Waals surface area contributed by atoms with Crippen molar-refractivity contribution in [3.63, 3.8) is 0 Å². The lowest BCUT2D eigenvalue weighted by Crippen LogP contribution is -2.35. The molecule has 0 N–H and O–H groups in total. The molecule has 4 rings (SSSR count). The van der Waals surface area contributed by atoms with E-state index < -0.39 is 0 Å². The number of piperidine rings is 1. The van der Waals surface area contributed by atoms with Gasteiger partial charge in [-0.1, -0.05) is 30.3 Å². The van der Waals surface area contributed by atoms with E-state index in [2.05, 4.69) is 12.1 Å². The summed E-state index contributed by atoms with van der Waals surface area (Å²) >= 11 is 0. The first-order valence-electron chi connectivity index (χ1n) is 9.48. The molecule has 1 saturated carbocycles. The van der Waals surface area contributed by atoms with Crippen molar-refractivity contribution < 1.29 is 9.59 Å². The summed E-state index contributed by atoms with van der Waals surface area (Å²) in [4.78, 5) is 28.9. The molecule has 26 heavy (non-hydrogen) atoms. The van der Waals surface area contributed by atoms with E-state index in [0.29, 0.717) is 24.6 Å². The summed E-state index contributed by atoms with van der Waals surface area (Å²) < 4.78 is 0. The molecule has 1 heterocycles. The van der Waals surface area contributed by atoms with Crippen molar-refractivity contribution in [1.29, 1.82) is 0 Å². The molecule has 1 aliphatic carbocycles. The minimum absolute atomic E-state index is 0.0767. The van der Waals surface area contributed by atoms with Gasteiger partial charge in [0.15, 0.2) is 0 Å². The van der Waals surface area contributed by atoms with E-state index in [1.54, 1.807) is 0 Å². The van der Waals surface area contributed by atoms with E-state index in [0.717, 1.165) is 43.5 Å². The third-order valence-corrected chi connectivity index (χ3v) is 5.19. The van der Waals surface area contributed by atoms with E-state index >= 15 is 0 Å². The highest BCUT2D eigenvalue weighted by molar-refractivity contribution is 5.97. The third-order valence-electron chi connectivity index (χ3n) is 5.19. The second kappa shape index (κ2) is 7.32. The lowest BCUT2D eigenvalue weighted by atomic mass is 10.1. The van der Waals surface area contributed by atoms with Crippen LogP contribution in [0.2, 0.25) is 0 Å². The van der Waals surface area contributed by atoms with Crippen molar-refractivity contribution in [3.05, 3.63) is 65.7 Å². The zero-order chi connectivity index (χ0) is 17.9. The first-order valence-corrected chi connectivity index (χ1v) is 9.48. The molecule has 0 bridgehead atoms. The Morgan fingerprint density at radius 1 is 1.00 bits per heavy atom. The maximum Gasteiger partial charge on any atom is 0.254 e. The van der Waals surface area contributed by atoms with Gasteiger partial charge in [0, 0.05) is 36.8 Å². The number of hydrogen-bond donors (Lipinski definition) is 0. The Bertz CT molecular complexity index is 782. The molecule has 0 aromatic heterocycles. The highest BCUT2D eigenvalue weighted by Crippen LogP contribution is 2.30. The maximum atomic E-state index is 13.0. The van der Waals surface area contributed by atoms with E-state index in [-0.39, 0.29) is 11.8 Å². The number of benzene rings is 2. The first kappa shape index (κ1) is 16.8. The van der Waals surface area contributed by atoms with Gasteiger partial charge in [0.2, 0.25) is 5.91 Å². The van der Waals surface area contributed by atoms with Gasteiger partial charge in [-0.05, 0) is 55.5 Å².